The zero-order valence-corrected chi connectivity index (χ0v) is 13.6. The lowest BCUT2D eigenvalue weighted by Crippen LogP contribution is -2.28. The molecular formula is C18H21NO2S. The molecule has 3 aliphatic rings. The molecule has 0 N–H and O–H groups in total. The molecule has 1 heterocycles. The highest BCUT2D eigenvalue weighted by molar-refractivity contribution is 7.89. The Bertz CT molecular complexity index is 759. The van der Waals surface area contributed by atoms with Gasteiger partial charge in [0.05, 0.1) is 4.90 Å². The Hall–Kier alpha value is -1.39. The van der Waals surface area contributed by atoms with E-state index in [9.17, 15) is 8.42 Å². The van der Waals surface area contributed by atoms with Crippen LogP contribution in [0.4, 0.5) is 0 Å². The Balaban J connectivity index is 1.66. The molecule has 0 amide bonds. The van der Waals surface area contributed by atoms with Gasteiger partial charge in [-0.2, -0.15) is 4.31 Å². The van der Waals surface area contributed by atoms with E-state index < -0.39 is 10.0 Å². The molecule has 1 aromatic rings. The first-order chi connectivity index (χ1) is 10.6. The van der Waals surface area contributed by atoms with Crippen molar-refractivity contribution in [2.75, 3.05) is 13.1 Å². The van der Waals surface area contributed by atoms with Crippen molar-refractivity contribution in [3.05, 3.63) is 53.1 Å². The number of hydrogen-bond acceptors (Lipinski definition) is 2. The van der Waals surface area contributed by atoms with E-state index in [1.807, 2.05) is 19.1 Å². The molecule has 0 unspecified atom stereocenters. The molecule has 22 heavy (non-hydrogen) atoms. The minimum Gasteiger partial charge on any atom is -0.207 e. The minimum absolute atomic E-state index is 0.296. The lowest BCUT2D eigenvalue weighted by Gasteiger charge is -2.19. The second-order valence-corrected chi connectivity index (χ2v) is 8.59. The number of nitrogens with zero attached hydrogens (tertiary/aromatic N) is 1. The molecule has 0 bridgehead atoms. The molecule has 1 saturated carbocycles. The van der Waals surface area contributed by atoms with Gasteiger partial charge in [0.1, 0.15) is 0 Å². The van der Waals surface area contributed by atoms with Crippen molar-refractivity contribution in [1.29, 1.82) is 0 Å². The summed E-state index contributed by atoms with van der Waals surface area (Å²) in [5, 5.41) is 0. The van der Waals surface area contributed by atoms with Gasteiger partial charge in [-0.1, -0.05) is 35.4 Å². The average Bonchev–Trinajstić information content (AvgIpc) is 3.13. The number of hydrogen-bond donors (Lipinski definition) is 0. The van der Waals surface area contributed by atoms with Crippen molar-refractivity contribution < 1.29 is 8.42 Å². The first-order valence-electron chi connectivity index (χ1n) is 8.02. The van der Waals surface area contributed by atoms with Gasteiger partial charge in [-0.05, 0) is 49.8 Å². The van der Waals surface area contributed by atoms with Crippen molar-refractivity contribution in [3.8, 4) is 0 Å². The van der Waals surface area contributed by atoms with E-state index in [0.29, 0.717) is 29.8 Å². The number of fused-ring (bicyclic) bond motifs is 2. The SMILES string of the molecule is Cc1ccc(S(=O)(=O)N2CC3=C4CCC[C@H]4C=C[C@H]3C2)cc1. The van der Waals surface area contributed by atoms with Crippen LogP contribution < -0.4 is 0 Å². The number of aryl methyl sites for hydroxylation is 1. The molecule has 0 spiro atoms. The number of rotatable bonds is 2. The van der Waals surface area contributed by atoms with Gasteiger partial charge in [-0.3, -0.25) is 0 Å². The Morgan fingerprint density at radius 3 is 2.55 bits per heavy atom. The van der Waals surface area contributed by atoms with E-state index in [4.69, 9.17) is 0 Å². The fourth-order valence-corrected chi connectivity index (χ4v) is 5.46. The van der Waals surface area contributed by atoms with Gasteiger partial charge in [-0.25, -0.2) is 8.42 Å². The molecule has 1 saturated heterocycles. The molecule has 2 aliphatic carbocycles. The van der Waals surface area contributed by atoms with Crippen LogP contribution in [-0.4, -0.2) is 25.8 Å². The Morgan fingerprint density at radius 1 is 1.05 bits per heavy atom. The highest BCUT2D eigenvalue weighted by atomic mass is 32.2. The number of benzene rings is 1. The van der Waals surface area contributed by atoms with Gasteiger partial charge in [0.2, 0.25) is 10.0 Å². The lowest BCUT2D eigenvalue weighted by molar-refractivity contribution is 0.471. The summed E-state index contributed by atoms with van der Waals surface area (Å²) in [6.45, 7) is 3.15. The topological polar surface area (TPSA) is 37.4 Å². The van der Waals surface area contributed by atoms with E-state index in [0.717, 1.165) is 12.0 Å². The Morgan fingerprint density at radius 2 is 1.77 bits per heavy atom. The van der Waals surface area contributed by atoms with Gasteiger partial charge in [0.25, 0.3) is 0 Å². The monoisotopic (exact) mass is 315 g/mol. The summed E-state index contributed by atoms with van der Waals surface area (Å²) in [4.78, 5) is 0.411. The molecule has 0 radical (unpaired) electrons. The molecule has 0 aromatic heterocycles. The maximum absolute atomic E-state index is 12.9. The van der Waals surface area contributed by atoms with Crippen LogP contribution in [0.3, 0.4) is 0 Å². The van der Waals surface area contributed by atoms with Crippen LogP contribution >= 0.6 is 0 Å². The van der Waals surface area contributed by atoms with E-state index in [1.165, 1.54) is 24.0 Å². The van der Waals surface area contributed by atoms with Crippen LogP contribution in [0.5, 0.6) is 0 Å². The van der Waals surface area contributed by atoms with Crippen LogP contribution in [0.1, 0.15) is 24.8 Å². The summed E-state index contributed by atoms with van der Waals surface area (Å²) in [5.41, 5.74) is 3.98. The van der Waals surface area contributed by atoms with Crippen LogP contribution in [0, 0.1) is 18.8 Å². The van der Waals surface area contributed by atoms with Crippen molar-refractivity contribution in [3.63, 3.8) is 0 Å². The lowest BCUT2D eigenvalue weighted by atomic mass is 9.85. The fourth-order valence-electron chi connectivity index (χ4n) is 4.01. The van der Waals surface area contributed by atoms with Crippen molar-refractivity contribution in [1.82, 2.24) is 4.31 Å². The molecule has 3 nitrogen and oxygen atoms in total. The van der Waals surface area contributed by atoms with E-state index >= 15 is 0 Å². The zero-order chi connectivity index (χ0) is 15.3. The van der Waals surface area contributed by atoms with Crippen LogP contribution in [0.25, 0.3) is 0 Å². The zero-order valence-electron chi connectivity index (χ0n) is 12.8. The molecule has 4 heteroatoms. The number of allylic oxidation sites excluding steroid dienone is 2. The average molecular weight is 315 g/mol. The van der Waals surface area contributed by atoms with Crippen LogP contribution in [-0.2, 0) is 10.0 Å². The van der Waals surface area contributed by atoms with Gasteiger partial charge in [0, 0.05) is 19.0 Å². The highest BCUT2D eigenvalue weighted by Gasteiger charge is 2.39. The molecular weight excluding hydrogens is 294 g/mol. The molecule has 2 fully saturated rings. The van der Waals surface area contributed by atoms with E-state index in [1.54, 1.807) is 16.4 Å². The Labute approximate surface area is 132 Å². The third-order valence-corrected chi connectivity index (χ3v) is 7.08. The molecule has 1 aliphatic heterocycles. The van der Waals surface area contributed by atoms with Gasteiger partial charge >= 0.3 is 0 Å². The first-order valence-corrected chi connectivity index (χ1v) is 9.46. The Kier molecular flexibility index (Phi) is 3.27. The third-order valence-electron chi connectivity index (χ3n) is 5.25. The summed E-state index contributed by atoms with van der Waals surface area (Å²) < 4.78 is 27.4. The van der Waals surface area contributed by atoms with Crippen LogP contribution in [0.15, 0.2) is 52.5 Å². The third kappa shape index (κ3) is 2.17. The molecule has 116 valence electrons. The highest BCUT2D eigenvalue weighted by Crippen LogP contribution is 2.43. The maximum atomic E-state index is 12.9. The molecule has 2 atom stereocenters. The molecule has 4 rings (SSSR count). The summed E-state index contributed by atoms with van der Waals surface area (Å²) in [5.74, 6) is 0.873. The van der Waals surface area contributed by atoms with Crippen molar-refractivity contribution in [2.24, 2.45) is 11.8 Å². The maximum Gasteiger partial charge on any atom is 0.243 e. The summed E-state index contributed by atoms with van der Waals surface area (Å²) in [6.07, 6.45) is 8.16. The van der Waals surface area contributed by atoms with Gasteiger partial charge in [0.15, 0.2) is 0 Å². The standard InChI is InChI=1S/C18H21NO2S/c1-13-5-9-16(10-6-13)22(20,21)19-11-15-8-7-14-3-2-4-17(14)18(15)12-19/h5-10,14-15H,2-4,11-12H2,1H3/t14-,15-/m0/s1. The minimum atomic E-state index is -3.38. The largest absolute Gasteiger partial charge is 0.243 e. The summed E-state index contributed by atoms with van der Waals surface area (Å²) in [7, 11) is -3.38. The second-order valence-electron chi connectivity index (χ2n) is 6.65. The van der Waals surface area contributed by atoms with Crippen LogP contribution in [0.2, 0.25) is 0 Å². The predicted molar refractivity (Wildman–Crippen MR) is 86.9 cm³/mol. The first kappa shape index (κ1) is 14.2. The molecule has 1 aromatic carbocycles. The summed E-state index contributed by atoms with van der Waals surface area (Å²) in [6, 6.07) is 7.17. The van der Waals surface area contributed by atoms with Crippen molar-refractivity contribution in [2.45, 2.75) is 31.1 Å². The normalized spacial score (nSPS) is 28.0. The van der Waals surface area contributed by atoms with Gasteiger partial charge in [-0.15, -0.1) is 0 Å². The van der Waals surface area contributed by atoms with E-state index in [-0.39, 0.29) is 0 Å². The quantitative estimate of drug-likeness (QED) is 0.785. The van der Waals surface area contributed by atoms with Crippen molar-refractivity contribution >= 4 is 10.0 Å². The fraction of sp³-hybridized carbons (Fsp3) is 0.444. The van der Waals surface area contributed by atoms with Gasteiger partial charge < -0.3 is 0 Å². The second kappa shape index (κ2) is 5.07. The number of sulfonamides is 1. The smallest absolute Gasteiger partial charge is 0.207 e. The summed E-state index contributed by atoms with van der Waals surface area (Å²) >= 11 is 0. The van der Waals surface area contributed by atoms with E-state index in [2.05, 4.69) is 12.2 Å². The predicted octanol–water partition coefficient (Wildman–Crippen LogP) is 3.28.